The molecule has 19 heavy (non-hydrogen) atoms. The second-order valence-electron chi connectivity index (χ2n) is 4.52. The fraction of sp³-hybridized carbons (Fsp3) is 0.467. The molecule has 0 saturated carbocycles. The molecule has 0 aromatic heterocycles. The predicted molar refractivity (Wildman–Crippen MR) is 77.5 cm³/mol. The lowest BCUT2D eigenvalue weighted by Gasteiger charge is -2.13. The van der Waals surface area contributed by atoms with E-state index in [2.05, 4.69) is 0 Å². The minimum atomic E-state index is -0.593. The molecular weight excluding hydrogens is 260 g/mol. The maximum atomic E-state index is 12.6. The first-order chi connectivity index (χ1) is 9.24. The fourth-order valence-corrected chi connectivity index (χ4v) is 4.88. The molecule has 1 unspecified atom stereocenters. The number of hydrogen-bond acceptors (Lipinski definition) is 3. The van der Waals surface area contributed by atoms with E-state index in [4.69, 9.17) is 4.74 Å². The summed E-state index contributed by atoms with van der Waals surface area (Å²) in [6.45, 7) is 2.11. The number of ketones is 1. The second kappa shape index (κ2) is 6.75. The quantitative estimate of drug-likeness (QED) is 0.359. The summed E-state index contributed by atoms with van der Waals surface area (Å²) in [6.07, 6.45) is 2.22. The normalized spacial score (nSPS) is 17.1. The Hall–Kier alpha value is -1.29. The SMILES string of the molecule is CCOC(=O)C(C(=O)c1ccccc1)[S+]1CCCC1. The van der Waals surface area contributed by atoms with Gasteiger partial charge in [-0.3, -0.25) is 4.79 Å². The standard InChI is InChI=1S/C15H19O3S/c1-2-18-15(17)14(19-10-6-7-11-19)13(16)12-8-4-3-5-9-12/h3-5,8-9,14H,2,6-7,10-11H2,1H3/q+1. The molecule has 1 aromatic carbocycles. The minimum absolute atomic E-state index is 0.0794. The lowest BCUT2D eigenvalue weighted by atomic mass is 10.1. The topological polar surface area (TPSA) is 43.4 Å². The number of ether oxygens (including phenoxy) is 1. The van der Waals surface area contributed by atoms with Gasteiger partial charge >= 0.3 is 5.97 Å². The number of benzene rings is 1. The highest BCUT2D eigenvalue weighted by atomic mass is 32.2. The molecule has 0 bridgehead atoms. The van der Waals surface area contributed by atoms with Gasteiger partial charge in [0.2, 0.25) is 5.78 Å². The third-order valence-electron chi connectivity index (χ3n) is 3.19. The van der Waals surface area contributed by atoms with Gasteiger partial charge in [-0.1, -0.05) is 30.3 Å². The van der Waals surface area contributed by atoms with Crippen molar-refractivity contribution in [2.75, 3.05) is 18.1 Å². The lowest BCUT2D eigenvalue weighted by molar-refractivity contribution is -0.141. The van der Waals surface area contributed by atoms with Gasteiger partial charge in [0.1, 0.15) is 11.5 Å². The first-order valence-electron chi connectivity index (χ1n) is 6.66. The van der Waals surface area contributed by atoms with Crippen LogP contribution < -0.4 is 0 Å². The van der Waals surface area contributed by atoms with E-state index < -0.39 is 5.25 Å². The third-order valence-corrected chi connectivity index (χ3v) is 5.89. The average molecular weight is 279 g/mol. The molecule has 3 nitrogen and oxygen atoms in total. The van der Waals surface area contributed by atoms with Crippen molar-refractivity contribution >= 4 is 22.6 Å². The zero-order valence-electron chi connectivity index (χ0n) is 11.1. The van der Waals surface area contributed by atoms with E-state index >= 15 is 0 Å². The van der Waals surface area contributed by atoms with Gasteiger partial charge in [0.05, 0.1) is 6.61 Å². The number of carbonyl (C=O) groups is 2. The van der Waals surface area contributed by atoms with Crippen molar-refractivity contribution in [2.24, 2.45) is 0 Å². The highest BCUT2D eigenvalue weighted by molar-refractivity contribution is 7.99. The van der Waals surface area contributed by atoms with Crippen LogP contribution in [0, 0.1) is 0 Å². The van der Waals surface area contributed by atoms with Gasteiger partial charge in [-0.25, -0.2) is 4.79 Å². The van der Waals surface area contributed by atoms with Gasteiger partial charge in [-0.15, -0.1) is 0 Å². The van der Waals surface area contributed by atoms with Crippen LogP contribution in [0.25, 0.3) is 0 Å². The molecule has 4 heteroatoms. The summed E-state index contributed by atoms with van der Waals surface area (Å²) in [4.78, 5) is 24.7. The Morgan fingerprint density at radius 3 is 2.42 bits per heavy atom. The molecule has 1 aliphatic heterocycles. The molecule has 1 aromatic rings. The Balaban J connectivity index is 2.21. The Kier molecular flexibility index (Phi) is 5.02. The van der Waals surface area contributed by atoms with E-state index in [0.717, 1.165) is 24.3 Å². The maximum Gasteiger partial charge on any atom is 0.367 e. The van der Waals surface area contributed by atoms with E-state index in [1.165, 1.54) is 0 Å². The van der Waals surface area contributed by atoms with Gasteiger partial charge < -0.3 is 4.74 Å². The van der Waals surface area contributed by atoms with Gasteiger partial charge in [0.25, 0.3) is 5.25 Å². The molecule has 0 spiro atoms. The predicted octanol–water partition coefficient (Wildman–Crippen LogP) is 2.21. The van der Waals surface area contributed by atoms with Crippen molar-refractivity contribution in [3.8, 4) is 0 Å². The van der Waals surface area contributed by atoms with Gasteiger partial charge in [-0.2, -0.15) is 0 Å². The average Bonchev–Trinajstić information content (AvgIpc) is 2.94. The molecule has 0 N–H and O–H groups in total. The molecule has 1 fully saturated rings. The smallest absolute Gasteiger partial charge is 0.367 e. The van der Waals surface area contributed by atoms with E-state index in [-0.39, 0.29) is 22.6 Å². The molecule has 0 aliphatic carbocycles. The molecule has 0 amide bonds. The summed E-state index contributed by atoms with van der Waals surface area (Å²) in [5.41, 5.74) is 0.611. The maximum absolute atomic E-state index is 12.6. The number of esters is 1. The molecule has 2 rings (SSSR count). The summed E-state index contributed by atoms with van der Waals surface area (Å²) >= 11 is 0. The zero-order chi connectivity index (χ0) is 13.7. The van der Waals surface area contributed by atoms with E-state index in [1.807, 2.05) is 18.2 Å². The Labute approximate surface area is 116 Å². The number of rotatable bonds is 5. The summed E-state index contributed by atoms with van der Waals surface area (Å²) in [5, 5.41) is -0.593. The third kappa shape index (κ3) is 3.38. The van der Waals surface area contributed by atoms with Gasteiger partial charge in [0, 0.05) is 16.5 Å². The molecule has 1 aliphatic rings. The van der Waals surface area contributed by atoms with Gasteiger partial charge in [-0.05, 0) is 19.8 Å². The molecule has 1 heterocycles. The number of hydrogen-bond donors (Lipinski definition) is 0. The van der Waals surface area contributed by atoms with Crippen molar-refractivity contribution in [3.05, 3.63) is 35.9 Å². The summed E-state index contributed by atoms with van der Waals surface area (Å²) in [5.74, 6) is 1.52. The van der Waals surface area contributed by atoms with Crippen LogP contribution in [-0.2, 0) is 20.4 Å². The minimum Gasteiger partial charge on any atom is -0.462 e. The van der Waals surface area contributed by atoms with Crippen LogP contribution in [0.1, 0.15) is 30.1 Å². The Morgan fingerprint density at radius 2 is 1.84 bits per heavy atom. The highest BCUT2D eigenvalue weighted by Crippen LogP contribution is 2.23. The molecule has 102 valence electrons. The van der Waals surface area contributed by atoms with E-state index in [9.17, 15) is 9.59 Å². The zero-order valence-corrected chi connectivity index (χ0v) is 11.9. The largest absolute Gasteiger partial charge is 0.462 e. The van der Waals surface area contributed by atoms with Crippen molar-refractivity contribution in [1.82, 2.24) is 0 Å². The monoisotopic (exact) mass is 279 g/mol. The van der Waals surface area contributed by atoms with Crippen LogP contribution in [0.2, 0.25) is 0 Å². The van der Waals surface area contributed by atoms with Crippen LogP contribution in [-0.4, -0.2) is 35.1 Å². The summed E-state index contributed by atoms with van der Waals surface area (Å²) in [7, 11) is -0.151. The number of Topliss-reactive ketones (excluding diaryl/α,β-unsaturated/α-hetero) is 1. The van der Waals surface area contributed by atoms with Crippen molar-refractivity contribution in [2.45, 2.75) is 25.0 Å². The van der Waals surface area contributed by atoms with Gasteiger partial charge in [0.15, 0.2) is 0 Å². The van der Waals surface area contributed by atoms with E-state index in [1.54, 1.807) is 19.1 Å². The van der Waals surface area contributed by atoms with Crippen LogP contribution in [0.4, 0.5) is 0 Å². The van der Waals surface area contributed by atoms with E-state index in [0.29, 0.717) is 12.2 Å². The van der Waals surface area contributed by atoms with Crippen molar-refractivity contribution in [1.29, 1.82) is 0 Å². The molecule has 1 atom stereocenters. The van der Waals surface area contributed by atoms with Crippen molar-refractivity contribution in [3.63, 3.8) is 0 Å². The molecule has 0 radical (unpaired) electrons. The highest BCUT2D eigenvalue weighted by Gasteiger charge is 2.45. The summed E-state index contributed by atoms with van der Waals surface area (Å²) < 4.78 is 5.11. The number of carbonyl (C=O) groups excluding carboxylic acids is 2. The Morgan fingerprint density at radius 1 is 1.21 bits per heavy atom. The lowest BCUT2D eigenvalue weighted by Crippen LogP contribution is -2.40. The van der Waals surface area contributed by atoms with Crippen LogP contribution >= 0.6 is 0 Å². The first kappa shape index (κ1) is 14.1. The van der Waals surface area contributed by atoms with Crippen LogP contribution in [0.3, 0.4) is 0 Å². The van der Waals surface area contributed by atoms with Crippen LogP contribution in [0.15, 0.2) is 30.3 Å². The second-order valence-corrected chi connectivity index (χ2v) is 6.88. The summed E-state index contributed by atoms with van der Waals surface area (Å²) in [6, 6.07) is 9.07. The fourth-order valence-electron chi connectivity index (χ4n) is 2.28. The molecule has 1 saturated heterocycles. The first-order valence-corrected chi connectivity index (χ1v) is 8.29. The van der Waals surface area contributed by atoms with Crippen LogP contribution in [0.5, 0.6) is 0 Å². The van der Waals surface area contributed by atoms with Crippen molar-refractivity contribution < 1.29 is 14.3 Å². The molecular formula is C15H19O3S+. The Bertz CT molecular complexity index is 438.